The molecule has 0 fully saturated rings. The first-order valence-electron chi connectivity index (χ1n) is 5.36. The molecule has 5 heteroatoms. The van der Waals surface area contributed by atoms with Crippen LogP contribution in [0.25, 0.3) is 0 Å². The molecule has 1 aromatic rings. The summed E-state index contributed by atoms with van der Waals surface area (Å²) in [6.45, 7) is 0. The van der Waals surface area contributed by atoms with Gasteiger partial charge >= 0.3 is 0 Å². The zero-order valence-corrected chi connectivity index (χ0v) is 10.7. The van der Waals surface area contributed by atoms with Gasteiger partial charge in [0, 0.05) is 22.8 Å². The number of hydrogen-bond donors (Lipinski definition) is 1. The van der Waals surface area contributed by atoms with E-state index in [0.29, 0.717) is 30.0 Å². The van der Waals surface area contributed by atoms with Crippen LogP contribution in [-0.2, 0) is 4.79 Å². The summed E-state index contributed by atoms with van der Waals surface area (Å²) in [5.41, 5.74) is 1.37. The van der Waals surface area contributed by atoms with E-state index in [4.69, 9.17) is 11.6 Å². The van der Waals surface area contributed by atoms with Gasteiger partial charge in [-0.05, 0) is 18.6 Å². The third-order valence-electron chi connectivity index (χ3n) is 2.47. The minimum absolute atomic E-state index is 0.0205. The molecule has 2 rings (SSSR count). The fourth-order valence-electron chi connectivity index (χ4n) is 1.63. The van der Waals surface area contributed by atoms with Crippen LogP contribution in [0.2, 0.25) is 0 Å². The largest absolute Gasteiger partial charge is 0.324 e. The molecule has 90 valence electrons. The highest BCUT2D eigenvalue weighted by molar-refractivity contribution is 8.00. The van der Waals surface area contributed by atoms with Crippen molar-refractivity contribution in [1.82, 2.24) is 0 Å². The van der Waals surface area contributed by atoms with Crippen molar-refractivity contribution in [2.24, 2.45) is 0 Å². The molecule has 1 aliphatic heterocycles. The second-order valence-electron chi connectivity index (χ2n) is 3.76. The number of fused-ring (bicyclic) bond motifs is 1. The number of carbonyl (C=O) groups excluding carboxylic acids is 2. The molecule has 1 N–H and O–H groups in total. The van der Waals surface area contributed by atoms with Crippen molar-refractivity contribution in [3.63, 3.8) is 0 Å². The van der Waals surface area contributed by atoms with Crippen molar-refractivity contribution < 1.29 is 9.59 Å². The van der Waals surface area contributed by atoms with E-state index in [1.165, 1.54) is 11.8 Å². The van der Waals surface area contributed by atoms with Gasteiger partial charge in [0.2, 0.25) is 5.91 Å². The molecule has 0 saturated carbocycles. The lowest BCUT2D eigenvalue weighted by molar-refractivity contribution is -0.113. The van der Waals surface area contributed by atoms with Crippen LogP contribution in [0.15, 0.2) is 23.1 Å². The molecule has 0 aliphatic carbocycles. The molecule has 1 aromatic carbocycles. The lowest BCUT2D eigenvalue weighted by Gasteiger charge is -2.16. The predicted molar refractivity (Wildman–Crippen MR) is 70.1 cm³/mol. The number of nitrogens with one attached hydrogen (secondary N) is 1. The smallest absolute Gasteiger partial charge is 0.234 e. The number of benzene rings is 1. The SMILES string of the molecule is O=C1CSc2ccc(C(=O)CCCCl)cc2N1. The van der Waals surface area contributed by atoms with Crippen LogP contribution in [0.5, 0.6) is 0 Å². The molecule has 1 amide bonds. The van der Waals surface area contributed by atoms with Gasteiger partial charge in [0.15, 0.2) is 5.78 Å². The quantitative estimate of drug-likeness (QED) is 0.675. The van der Waals surface area contributed by atoms with Gasteiger partial charge in [0.05, 0.1) is 11.4 Å². The number of carbonyl (C=O) groups is 2. The highest BCUT2D eigenvalue weighted by Gasteiger charge is 2.16. The minimum Gasteiger partial charge on any atom is -0.324 e. The fraction of sp³-hybridized carbons (Fsp3) is 0.333. The molecule has 0 atom stereocenters. The van der Waals surface area contributed by atoms with Gasteiger partial charge < -0.3 is 5.32 Å². The van der Waals surface area contributed by atoms with E-state index < -0.39 is 0 Å². The monoisotopic (exact) mass is 269 g/mol. The Morgan fingerprint density at radius 3 is 3.06 bits per heavy atom. The van der Waals surface area contributed by atoms with Gasteiger partial charge in [-0.2, -0.15) is 0 Å². The summed E-state index contributed by atoms with van der Waals surface area (Å²) < 4.78 is 0. The lowest BCUT2D eigenvalue weighted by Crippen LogP contribution is -2.19. The summed E-state index contributed by atoms with van der Waals surface area (Å²) in [6.07, 6.45) is 1.13. The number of anilines is 1. The second kappa shape index (κ2) is 5.56. The molecule has 0 saturated heterocycles. The Kier molecular flexibility index (Phi) is 4.07. The van der Waals surface area contributed by atoms with E-state index in [1.54, 1.807) is 12.1 Å². The standard InChI is InChI=1S/C12H12ClNO2S/c13-5-1-2-10(15)8-3-4-11-9(6-8)14-12(16)7-17-11/h3-4,6H,1-2,5,7H2,(H,14,16). The Morgan fingerprint density at radius 1 is 1.47 bits per heavy atom. The number of ketones is 1. The number of hydrogen-bond acceptors (Lipinski definition) is 3. The van der Waals surface area contributed by atoms with Crippen LogP contribution in [0.3, 0.4) is 0 Å². The molecule has 17 heavy (non-hydrogen) atoms. The van der Waals surface area contributed by atoms with E-state index in [2.05, 4.69) is 5.32 Å². The number of thioether (sulfide) groups is 1. The predicted octanol–water partition coefficient (Wildman–Crippen LogP) is 2.93. The Hall–Kier alpha value is -1.00. The van der Waals surface area contributed by atoms with Gasteiger partial charge in [-0.15, -0.1) is 23.4 Å². The summed E-state index contributed by atoms with van der Waals surface area (Å²) >= 11 is 7.05. The topological polar surface area (TPSA) is 46.2 Å². The third-order valence-corrected chi connectivity index (χ3v) is 3.81. The Morgan fingerprint density at radius 2 is 2.29 bits per heavy atom. The molecule has 1 heterocycles. The maximum atomic E-state index is 11.8. The maximum Gasteiger partial charge on any atom is 0.234 e. The number of alkyl halides is 1. The van der Waals surface area contributed by atoms with E-state index in [-0.39, 0.29) is 11.7 Å². The summed E-state index contributed by atoms with van der Waals surface area (Å²) in [5, 5.41) is 2.77. The fourth-order valence-corrected chi connectivity index (χ4v) is 2.55. The van der Waals surface area contributed by atoms with Crippen LogP contribution in [0, 0.1) is 0 Å². The van der Waals surface area contributed by atoms with Gasteiger partial charge in [-0.1, -0.05) is 6.07 Å². The van der Waals surface area contributed by atoms with E-state index in [9.17, 15) is 9.59 Å². The molecule has 0 aromatic heterocycles. The third kappa shape index (κ3) is 3.01. The lowest BCUT2D eigenvalue weighted by atomic mass is 10.1. The maximum absolute atomic E-state index is 11.8. The van der Waals surface area contributed by atoms with Crippen LogP contribution in [0.1, 0.15) is 23.2 Å². The Balaban J connectivity index is 2.18. The molecular formula is C12H12ClNO2S. The van der Waals surface area contributed by atoms with Crippen molar-refractivity contribution in [3.8, 4) is 0 Å². The molecular weight excluding hydrogens is 258 g/mol. The summed E-state index contributed by atoms with van der Waals surface area (Å²) in [7, 11) is 0. The van der Waals surface area contributed by atoms with Crippen molar-refractivity contribution in [1.29, 1.82) is 0 Å². The first kappa shape index (κ1) is 12.5. The first-order chi connectivity index (χ1) is 8.20. The summed E-state index contributed by atoms with van der Waals surface area (Å²) in [5.74, 6) is 0.974. The van der Waals surface area contributed by atoms with Gasteiger partial charge in [0.25, 0.3) is 0 Å². The zero-order valence-electron chi connectivity index (χ0n) is 9.16. The Labute approximate surface area is 109 Å². The van der Waals surface area contributed by atoms with Gasteiger partial charge in [-0.25, -0.2) is 0 Å². The number of halogens is 1. The molecule has 1 aliphatic rings. The summed E-state index contributed by atoms with van der Waals surface area (Å²) in [6, 6.07) is 5.43. The molecule has 0 bridgehead atoms. The van der Waals surface area contributed by atoms with Crippen LogP contribution in [-0.4, -0.2) is 23.3 Å². The second-order valence-corrected chi connectivity index (χ2v) is 5.16. The molecule has 3 nitrogen and oxygen atoms in total. The van der Waals surface area contributed by atoms with Crippen molar-refractivity contribution in [2.75, 3.05) is 16.9 Å². The Bertz CT molecular complexity index is 462. The van der Waals surface area contributed by atoms with Gasteiger partial charge in [0.1, 0.15) is 0 Å². The highest BCUT2D eigenvalue weighted by Crippen LogP contribution is 2.32. The first-order valence-corrected chi connectivity index (χ1v) is 6.88. The van der Waals surface area contributed by atoms with Crippen LogP contribution >= 0.6 is 23.4 Å². The number of Topliss-reactive ketones (excluding diaryl/α,β-unsaturated/α-hetero) is 1. The molecule has 0 unspecified atom stereocenters. The molecule has 0 spiro atoms. The number of amides is 1. The van der Waals surface area contributed by atoms with E-state index in [0.717, 1.165) is 10.6 Å². The van der Waals surface area contributed by atoms with E-state index in [1.807, 2.05) is 6.07 Å². The average Bonchev–Trinajstić information content (AvgIpc) is 2.35. The number of rotatable bonds is 4. The summed E-state index contributed by atoms with van der Waals surface area (Å²) in [4.78, 5) is 24.0. The van der Waals surface area contributed by atoms with Crippen LogP contribution < -0.4 is 5.32 Å². The highest BCUT2D eigenvalue weighted by atomic mass is 35.5. The average molecular weight is 270 g/mol. The minimum atomic E-state index is -0.0205. The van der Waals surface area contributed by atoms with Crippen molar-refractivity contribution in [2.45, 2.75) is 17.7 Å². The van der Waals surface area contributed by atoms with Crippen molar-refractivity contribution in [3.05, 3.63) is 23.8 Å². The van der Waals surface area contributed by atoms with Crippen molar-refractivity contribution >= 4 is 40.7 Å². The zero-order chi connectivity index (χ0) is 12.3. The molecule has 0 radical (unpaired) electrons. The normalized spacial score (nSPS) is 14.1. The van der Waals surface area contributed by atoms with Crippen LogP contribution in [0.4, 0.5) is 5.69 Å². The van der Waals surface area contributed by atoms with E-state index >= 15 is 0 Å². The van der Waals surface area contributed by atoms with Gasteiger partial charge in [-0.3, -0.25) is 9.59 Å².